The Balaban J connectivity index is 2.53. The monoisotopic (exact) mass is 192 g/mol. The second kappa shape index (κ2) is 3.32. The van der Waals surface area contributed by atoms with Crippen LogP contribution in [0.2, 0.25) is 0 Å². The molecule has 4 heteroatoms. The third-order valence-corrected chi connectivity index (χ3v) is 1.93. The highest BCUT2D eigenvalue weighted by atomic mass is 35.5. The molecule has 0 N–H and O–H groups in total. The van der Waals surface area contributed by atoms with Crippen molar-refractivity contribution in [3.63, 3.8) is 0 Å². The van der Waals surface area contributed by atoms with E-state index < -0.39 is 17.3 Å². The van der Waals surface area contributed by atoms with Crippen LogP contribution in [-0.2, 0) is 14.3 Å². The summed E-state index contributed by atoms with van der Waals surface area (Å²) in [6, 6.07) is 0. The van der Waals surface area contributed by atoms with Crippen molar-refractivity contribution >= 4 is 17.4 Å². The Labute approximate surface area is 77.0 Å². The number of Topliss-reactive ketones (excluding diaryl/α,β-unsaturated/α-hetero) is 1. The second-order valence-corrected chi connectivity index (χ2v) is 3.99. The molecule has 0 saturated carbocycles. The van der Waals surface area contributed by atoms with Crippen molar-refractivity contribution < 1.29 is 14.3 Å². The zero-order chi connectivity index (χ0) is 9.35. The van der Waals surface area contributed by atoms with Gasteiger partial charge in [0.1, 0.15) is 6.10 Å². The van der Waals surface area contributed by atoms with Gasteiger partial charge in [0.15, 0.2) is 11.6 Å². The SMILES string of the molecule is CC(Cl)C(=O)C1COC(C)(C)O1. The highest BCUT2D eigenvalue weighted by Gasteiger charge is 2.37. The van der Waals surface area contributed by atoms with E-state index in [4.69, 9.17) is 21.1 Å². The third kappa shape index (κ3) is 2.19. The highest BCUT2D eigenvalue weighted by molar-refractivity contribution is 6.31. The minimum Gasteiger partial charge on any atom is -0.347 e. The van der Waals surface area contributed by atoms with Crippen LogP contribution in [-0.4, -0.2) is 29.7 Å². The molecule has 0 amide bonds. The molecule has 0 radical (unpaired) electrons. The first-order valence-electron chi connectivity index (χ1n) is 3.92. The summed E-state index contributed by atoms with van der Waals surface area (Å²) in [5.74, 6) is -0.756. The van der Waals surface area contributed by atoms with E-state index in [2.05, 4.69) is 0 Å². The van der Waals surface area contributed by atoms with Crippen LogP contribution in [0.1, 0.15) is 20.8 Å². The number of rotatable bonds is 2. The number of hydrogen-bond donors (Lipinski definition) is 0. The number of ether oxygens (including phenoxy) is 2. The van der Waals surface area contributed by atoms with Gasteiger partial charge in [-0.25, -0.2) is 0 Å². The molecule has 1 heterocycles. The standard InChI is InChI=1S/C8H13ClO3/c1-5(9)7(10)6-4-11-8(2,3)12-6/h5-6H,4H2,1-3H3. The molecule has 1 saturated heterocycles. The van der Waals surface area contributed by atoms with Gasteiger partial charge in [0.05, 0.1) is 12.0 Å². The van der Waals surface area contributed by atoms with Crippen molar-refractivity contribution in [2.75, 3.05) is 6.61 Å². The van der Waals surface area contributed by atoms with E-state index in [1.165, 1.54) is 0 Å². The molecule has 0 aromatic rings. The van der Waals surface area contributed by atoms with Gasteiger partial charge in [-0.05, 0) is 20.8 Å². The maximum absolute atomic E-state index is 11.3. The van der Waals surface area contributed by atoms with E-state index in [0.717, 1.165) is 0 Å². The maximum Gasteiger partial charge on any atom is 0.181 e. The average molecular weight is 193 g/mol. The van der Waals surface area contributed by atoms with Gasteiger partial charge in [0.25, 0.3) is 0 Å². The van der Waals surface area contributed by atoms with Crippen molar-refractivity contribution in [1.82, 2.24) is 0 Å². The number of hydrogen-bond acceptors (Lipinski definition) is 3. The van der Waals surface area contributed by atoms with Crippen LogP contribution in [0.3, 0.4) is 0 Å². The zero-order valence-corrected chi connectivity index (χ0v) is 8.22. The predicted molar refractivity (Wildman–Crippen MR) is 45.2 cm³/mol. The summed E-state index contributed by atoms with van der Waals surface area (Å²) in [5.41, 5.74) is 0. The molecule has 2 unspecified atom stereocenters. The van der Waals surface area contributed by atoms with E-state index >= 15 is 0 Å². The number of halogens is 1. The average Bonchev–Trinajstić information content (AvgIpc) is 2.28. The molecule has 1 rings (SSSR count). The highest BCUT2D eigenvalue weighted by Crippen LogP contribution is 2.23. The van der Waals surface area contributed by atoms with Crippen LogP contribution in [0, 0.1) is 0 Å². The summed E-state index contributed by atoms with van der Waals surface area (Å²) in [5, 5.41) is -0.507. The smallest absolute Gasteiger partial charge is 0.181 e. The topological polar surface area (TPSA) is 35.5 Å². The van der Waals surface area contributed by atoms with Gasteiger partial charge in [-0.2, -0.15) is 0 Å². The molecule has 1 fully saturated rings. The predicted octanol–water partition coefficient (Wildman–Crippen LogP) is 1.33. The molecule has 0 aromatic heterocycles. The fraction of sp³-hybridized carbons (Fsp3) is 0.875. The summed E-state index contributed by atoms with van der Waals surface area (Å²) >= 11 is 5.62. The molecule has 1 aliphatic rings. The molecule has 0 aromatic carbocycles. The van der Waals surface area contributed by atoms with Crippen molar-refractivity contribution in [1.29, 1.82) is 0 Å². The van der Waals surface area contributed by atoms with Gasteiger partial charge in [-0.1, -0.05) is 0 Å². The first-order valence-corrected chi connectivity index (χ1v) is 4.35. The van der Waals surface area contributed by atoms with Crippen LogP contribution in [0.15, 0.2) is 0 Å². The fourth-order valence-corrected chi connectivity index (χ4v) is 1.22. The van der Waals surface area contributed by atoms with E-state index in [1.807, 2.05) is 0 Å². The minimum absolute atomic E-state index is 0.109. The van der Waals surface area contributed by atoms with Crippen LogP contribution in [0.5, 0.6) is 0 Å². The van der Waals surface area contributed by atoms with E-state index in [-0.39, 0.29) is 5.78 Å². The third-order valence-electron chi connectivity index (χ3n) is 1.72. The van der Waals surface area contributed by atoms with Gasteiger partial charge in [0.2, 0.25) is 0 Å². The molecule has 12 heavy (non-hydrogen) atoms. The van der Waals surface area contributed by atoms with Crippen molar-refractivity contribution in [3.8, 4) is 0 Å². The lowest BCUT2D eigenvalue weighted by molar-refractivity contribution is -0.151. The Morgan fingerprint density at radius 2 is 2.25 bits per heavy atom. The van der Waals surface area contributed by atoms with E-state index in [0.29, 0.717) is 6.61 Å². The van der Waals surface area contributed by atoms with Crippen LogP contribution >= 0.6 is 11.6 Å². The Kier molecular flexibility index (Phi) is 2.76. The maximum atomic E-state index is 11.3. The van der Waals surface area contributed by atoms with Gasteiger partial charge in [-0.15, -0.1) is 11.6 Å². The molecule has 0 aliphatic carbocycles. The number of alkyl halides is 1. The van der Waals surface area contributed by atoms with Gasteiger partial charge >= 0.3 is 0 Å². The summed E-state index contributed by atoms with van der Waals surface area (Å²) in [7, 11) is 0. The van der Waals surface area contributed by atoms with Gasteiger partial charge < -0.3 is 9.47 Å². The lowest BCUT2D eigenvalue weighted by Crippen LogP contribution is -2.31. The molecular formula is C8H13ClO3. The van der Waals surface area contributed by atoms with Gasteiger partial charge in [0, 0.05) is 0 Å². The normalized spacial score (nSPS) is 30.2. The first-order chi connectivity index (χ1) is 5.42. The molecule has 3 nitrogen and oxygen atoms in total. The van der Waals surface area contributed by atoms with E-state index in [9.17, 15) is 4.79 Å². The number of carbonyl (C=O) groups is 1. The molecule has 0 bridgehead atoms. The Hall–Kier alpha value is -0.120. The van der Waals surface area contributed by atoms with Crippen molar-refractivity contribution in [2.45, 2.75) is 38.0 Å². The largest absolute Gasteiger partial charge is 0.347 e. The fourth-order valence-electron chi connectivity index (χ4n) is 1.08. The molecule has 70 valence electrons. The summed E-state index contributed by atoms with van der Waals surface area (Å²) in [6.45, 7) is 5.50. The molecule has 1 aliphatic heterocycles. The summed E-state index contributed by atoms with van der Waals surface area (Å²) in [6.07, 6.45) is -0.493. The Morgan fingerprint density at radius 3 is 2.58 bits per heavy atom. The van der Waals surface area contributed by atoms with Crippen LogP contribution in [0.25, 0.3) is 0 Å². The Bertz CT molecular complexity index is 189. The quantitative estimate of drug-likeness (QED) is 0.620. The summed E-state index contributed by atoms with van der Waals surface area (Å²) in [4.78, 5) is 11.3. The number of ketones is 1. The van der Waals surface area contributed by atoms with E-state index in [1.54, 1.807) is 20.8 Å². The first kappa shape index (κ1) is 9.96. The Morgan fingerprint density at radius 1 is 1.67 bits per heavy atom. The lowest BCUT2D eigenvalue weighted by atomic mass is 10.2. The molecule has 2 atom stereocenters. The minimum atomic E-state index is -0.647. The van der Waals surface area contributed by atoms with Crippen molar-refractivity contribution in [2.24, 2.45) is 0 Å². The van der Waals surface area contributed by atoms with Crippen LogP contribution in [0.4, 0.5) is 0 Å². The van der Waals surface area contributed by atoms with Crippen molar-refractivity contribution in [3.05, 3.63) is 0 Å². The molecule has 0 spiro atoms. The van der Waals surface area contributed by atoms with Gasteiger partial charge in [-0.3, -0.25) is 4.79 Å². The summed E-state index contributed by atoms with van der Waals surface area (Å²) < 4.78 is 10.5. The van der Waals surface area contributed by atoms with Crippen LogP contribution < -0.4 is 0 Å². The lowest BCUT2D eigenvalue weighted by Gasteiger charge is -2.16. The number of carbonyl (C=O) groups excluding carboxylic acids is 1. The zero-order valence-electron chi connectivity index (χ0n) is 7.46. The second-order valence-electron chi connectivity index (χ2n) is 3.34. The molecular weight excluding hydrogens is 180 g/mol.